The highest BCUT2D eigenvalue weighted by Gasteiger charge is 1.95. The van der Waals surface area contributed by atoms with Crippen LogP contribution in [0.1, 0.15) is 63.8 Å². The van der Waals surface area contributed by atoms with Crippen LogP contribution in [0.5, 0.6) is 0 Å². The fraction of sp³-hybridized carbons (Fsp3) is 1.00. The zero-order chi connectivity index (χ0) is 7.98. The normalized spacial score (nSPS) is 8.14. The lowest BCUT2D eigenvalue weighted by Gasteiger charge is -2.07. The molecule has 0 aromatic heterocycles. The topological polar surface area (TPSA) is 9.23 Å². The molecular weight excluding hydrogens is 172 g/mol. The lowest BCUT2D eigenvalue weighted by Crippen LogP contribution is -2.04. The van der Waals surface area contributed by atoms with Gasteiger partial charge in [0.1, 0.15) is 0 Å². The standard InChI is InChI=1S/C9H20O.4CH4/c1-8(2)5-6-10-7-9(3)4;;;;/h8-9H,5-7H2,1-4H3;4*1H4. The zero-order valence-electron chi connectivity index (χ0n) is 7.68. The van der Waals surface area contributed by atoms with E-state index in [1.165, 1.54) is 6.42 Å². The molecule has 14 heavy (non-hydrogen) atoms. The van der Waals surface area contributed by atoms with Crippen molar-refractivity contribution in [3.8, 4) is 0 Å². The van der Waals surface area contributed by atoms with E-state index in [1.807, 2.05) is 0 Å². The van der Waals surface area contributed by atoms with Gasteiger partial charge in [0.05, 0.1) is 0 Å². The van der Waals surface area contributed by atoms with E-state index in [1.54, 1.807) is 0 Å². The SMILES string of the molecule is C.C.C.C.CC(C)CCOCC(C)C. The second-order valence-corrected chi connectivity index (χ2v) is 3.65. The van der Waals surface area contributed by atoms with E-state index in [0.29, 0.717) is 5.92 Å². The van der Waals surface area contributed by atoms with E-state index in [9.17, 15) is 0 Å². The summed E-state index contributed by atoms with van der Waals surface area (Å²) >= 11 is 0. The Hall–Kier alpha value is -0.0400. The molecule has 0 aromatic rings. The second-order valence-electron chi connectivity index (χ2n) is 3.65. The lowest BCUT2D eigenvalue weighted by atomic mass is 10.1. The van der Waals surface area contributed by atoms with Crippen molar-refractivity contribution in [2.45, 2.75) is 63.8 Å². The average Bonchev–Trinajstić information content (AvgIpc) is 1.79. The van der Waals surface area contributed by atoms with Crippen LogP contribution in [0.3, 0.4) is 0 Å². The summed E-state index contributed by atoms with van der Waals surface area (Å²) in [7, 11) is 0. The monoisotopic (exact) mass is 208 g/mol. The van der Waals surface area contributed by atoms with Gasteiger partial charge >= 0.3 is 0 Å². The fourth-order valence-electron chi connectivity index (χ4n) is 0.638. The Balaban J connectivity index is -0.0000000675. The van der Waals surface area contributed by atoms with Crippen LogP contribution in [0.15, 0.2) is 0 Å². The Bertz CT molecular complexity index is 57.6. The summed E-state index contributed by atoms with van der Waals surface area (Å²) in [5.41, 5.74) is 0. The smallest absolute Gasteiger partial charge is 0.0488 e. The van der Waals surface area contributed by atoms with Gasteiger partial charge in [-0.1, -0.05) is 57.4 Å². The summed E-state index contributed by atoms with van der Waals surface area (Å²) in [4.78, 5) is 0. The molecule has 0 aliphatic carbocycles. The number of rotatable bonds is 5. The first kappa shape index (κ1) is 29.2. The first-order valence-electron chi connectivity index (χ1n) is 4.20. The van der Waals surface area contributed by atoms with Gasteiger partial charge in [0.2, 0.25) is 0 Å². The minimum atomic E-state index is 0. The summed E-state index contributed by atoms with van der Waals surface area (Å²) in [6.45, 7) is 10.6. The van der Waals surface area contributed by atoms with E-state index >= 15 is 0 Å². The van der Waals surface area contributed by atoms with E-state index in [4.69, 9.17) is 4.74 Å². The molecule has 0 unspecified atom stereocenters. The van der Waals surface area contributed by atoms with Crippen molar-refractivity contribution in [3.05, 3.63) is 0 Å². The highest BCUT2D eigenvalue weighted by molar-refractivity contribution is 4.44. The van der Waals surface area contributed by atoms with Gasteiger partial charge in [-0.25, -0.2) is 0 Å². The fourth-order valence-corrected chi connectivity index (χ4v) is 0.638. The quantitative estimate of drug-likeness (QED) is 0.561. The molecule has 0 N–H and O–H groups in total. The highest BCUT2D eigenvalue weighted by atomic mass is 16.5. The molecule has 1 nitrogen and oxygen atoms in total. The third-order valence-electron chi connectivity index (χ3n) is 1.29. The van der Waals surface area contributed by atoms with E-state index < -0.39 is 0 Å². The molecule has 0 saturated carbocycles. The van der Waals surface area contributed by atoms with Crippen molar-refractivity contribution in [1.29, 1.82) is 0 Å². The molecule has 0 aliphatic rings. The van der Waals surface area contributed by atoms with E-state index in [-0.39, 0.29) is 29.7 Å². The predicted molar refractivity (Wildman–Crippen MR) is 72.0 cm³/mol. The minimum Gasteiger partial charge on any atom is -0.381 e. The van der Waals surface area contributed by atoms with Gasteiger partial charge in [0, 0.05) is 13.2 Å². The van der Waals surface area contributed by atoms with Crippen LogP contribution in [0.2, 0.25) is 0 Å². The van der Waals surface area contributed by atoms with Crippen molar-refractivity contribution in [2.75, 3.05) is 13.2 Å². The van der Waals surface area contributed by atoms with Crippen molar-refractivity contribution >= 4 is 0 Å². The van der Waals surface area contributed by atoms with Gasteiger partial charge in [0.15, 0.2) is 0 Å². The molecular formula is C13H36O. The summed E-state index contributed by atoms with van der Waals surface area (Å²) in [6.07, 6.45) is 1.19. The predicted octanol–water partition coefficient (Wildman–Crippen LogP) is 5.25. The van der Waals surface area contributed by atoms with Gasteiger partial charge in [-0.3, -0.25) is 0 Å². The van der Waals surface area contributed by atoms with Crippen molar-refractivity contribution in [3.63, 3.8) is 0 Å². The summed E-state index contributed by atoms with van der Waals surface area (Å²) < 4.78 is 5.41. The van der Waals surface area contributed by atoms with Crippen molar-refractivity contribution < 1.29 is 4.74 Å². The molecule has 0 spiro atoms. The maximum Gasteiger partial charge on any atom is 0.0488 e. The molecule has 94 valence electrons. The van der Waals surface area contributed by atoms with Crippen LogP contribution in [-0.4, -0.2) is 13.2 Å². The maximum absolute atomic E-state index is 5.41. The van der Waals surface area contributed by atoms with Gasteiger partial charge in [-0.15, -0.1) is 0 Å². The second kappa shape index (κ2) is 18.7. The Kier molecular flexibility index (Phi) is 39.0. The van der Waals surface area contributed by atoms with Crippen LogP contribution in [0.4, 0.5) is 0 Å². The first-order chi connectivity index (χ1) is 4.63. The lowest BCUT2D eigenvalue weighted by molar-refractivity contribution is 0.101. The van der Waals surface area contributed by atoms with Crippen molar-refractivity contribution in [1.82, 2.24) is 0 Å². The van der Waals surface area contributed by atoms with Crippen LogP contribution in [-0.2, 0) is 4.74 Å². The van der Waals surface area contributed by atoms with Crippen LogP contribution in [0.25, 0.3) is 0 Å². The first-order valence-corrected chi connectivity index (χ1v) is 4.20. The van der Waals surface area contributed by atoms with Gasteiger partial charge in [-0.2, -0.15) is 0 Å². The van der Waals surface area contributed by atoms with Gasteiger partial charge < -0.3 is 4.74 Å². The Morgan fingerprint density at radius 2 is 1.21 bits per heavy atom. The van der Waals surface area contributed by atoms with Crippen molar-refractivity contribution in [2.24, 2.45) is 11.8 Å². The molecule has 0 aliphatic heterocycles. The zero-order valence-corrected chi connectivity index (χ0v) is 7.68. The Labute approximate surface area is 94.3 Å². The molecule has 0 bridgehead atoms. The van der Waals surface area contributed by atoms with Crippen LogP contribution < -0.4 is 0 Å². The van der Waals surface area contributed by atoms with E-state index in [2.05, 4.69) is 27.7 Å². The van der Waals surface area contributed by atoms with E-state index in [0.717, 1.165) is 19.1 Å². The third kappa shape index (κ3) is 29.7. The highest BCUT2D eigenvalue weighted by Crippen LogP contribution is 2.00. The molecule has 0 rings (SSSR count). The number of hydrogen-bond donors (Lipinski definition) is 0. The van der Waals surface area contributed by atoms with Crippen LogP contribution >= 0.6 is 0 Å². The molecule has 0 atom stereocenters. The maximum atomic E-state index is 5.41. The number of ether oxygens (including phenoxy) is 1. The average molecular weight is 208 g/mol. The Morgan fingerprint density at radius 3 is 1.50 bits per heavy atom. The molecule has 0 saturated heterocycles. The molecule has 0 heterocycles. The summed E-state index contributed by atoms with van der Waals surface area (Å²) in [5.74, 6) is 1.44. The van der Waals surface area contributed by atoms with Gasteiger partial charge in [-0.05, 0) is 18.3 Å². The summed E-state index contributed by atoms with van der Waals surface area (Å²) in [6, 6.07) is 0. The molecule has 0 aromatic carbocycles. The van der Waals surface area contributed by atoms with Gasteiger partial charge in [0.25, 0.3) is 0 Å². The third-order valence-corrected chi connectivity index (χ3v) is 1.29. The number of hydrogen-bond acceptors (Lipinski definition) is 1. The minimum absolute atomic E-state index is 0. The summed E-state index contributed by atoms with van der Waals surface area (Å²) in [5, 5.41) is 0. The Morgan fingerprint density at radius 1 is 0.786 bits per heavy atom. The van der Waals surface area contributed by atoms with Crippen LogP contribution in [0, 0.1) is 11.8 Å². The molecule has 0 amide bonds. The largest absolute Gasteiger partial charge is 0.381 e. The molecule has 0 radical (unpaired) electrons. The molecule has 1 heteroatoms. The molecule has 0 fully saturated rings.